The van der Waals surface area contributed by atoms with E-state index in [2.05, 4.69) is 46.9 Å². The van der Waals surface area contributed by atoms with Gasteiger partial charge in [0.2, 0.25) is 0 Å². The summed E-state index contributed by atoms with van der Waals surface area (Å²) in [7, 11) is 0. The molecule has 0 spiro atoms. The lowest BCUT2D eigenvalue weighted by Gasteiger charge is -2.18. The molecular weight excluding hydrogens is 314 g/mol. The van der Waals surface area contributed by atoms with Gasteiger partial charge in [-0.05, 0) is 31.0 Å². The maximum absolute atomic E-state index is 5.88. The molecule has 4 heteroatoms. The predicted octanol–water partition coefficient (Wildman–Crippen LogP) is 3.91. The van der Waals surface area contributed by atoms with Crippen LogP contribution in [0.1, 0.15) is 31.3 Å². The molecule has 3 nitrogen and oxygen atoms in total. The number of halogens is 1. The normalized spacial score (nSPS) is 12.7. The average Bonchev–Trinajstić information content (AvgIpc) is 2.38. The quantitative estimate of drug-likeness (QED) is 0.922. The lowest BCUT2D eigenvalue weighted by molar-refractivity contribution is 0.483. The number of rotatable bonds is 4. The van der Waals surface area contributed by atoms with Crippen LogP contribution in [0.2, 0.25) is 0 Å². The summed E-state index contributed by atoms with van der Waals surface area (Å²) < 4.78 is 1.05. The molecule has 0 radical (unpaired) electrons. The zero-order valence-electron chi connectivity index (χ0n) is 12.1. The summed E-state index contributed by atoms with van der Waals surface area (Å²) in [5, 5.41) is 0. The molecule has 0 saturated heterocycles. The van der Waals surface area contributed by atoms with Crippen LogP contribution in [-0.2, 0) is 0 Å². The van der Waals surface area contributed by atoms with Crippen LogP contribution in [0.4, 0.5) is 0 Å². The van der Waals surface area contributed by atoms with E-state index in [4.69, 9.17) is 10.7 Å². The van der Waals surface area contributed by atoms with Gasteiger partial charge in [0.25, 0.3) is 0 Å². The number of nitrogens with two attached hydrogens (primary N) is 1. The standard InChI is InChI=1S/C16H20BrN3/c1-10(2)14(9-18)16-19-11(3)7-15(20-16)12-5-4-6-13(17)8-12/h4-8,10,14H,9,18H2,1-3H3. The Balaban J connectivity index is 2.48. The van der Waals surface area contributed by atoms with Gasteiger partial charge in [-0.15, -0.1) is 0 Å². The first-order chi connectivity index (χ1) is 9.51. The van der Waals surface area contributed by atoms with E-state index in [1.807, 2.05) is 25.1 Å². The third kappa shape index (κ3) is 3.44. The molecule has 0 saturated carbocycles. The number of aromatic nitrogens is 2. The number of hydrogen-bond acceptors (Lipinski definition) is 3. The monoisotopic (exact) mass is 333 g/mol. The molecule has 2 aromatic rings. The highest BCUT2D eigenvalue weighted by Crippen LogP contribution is 2.25. The fraction of sp³-hybridized carbons (Fsp3) is 0.375. The number of hydrogen-bond donors (Lipinski definition) is 1. The van der Waals surface area contributed by atoms with Gasteiger partial charge >= 0.3 is 0 Å². The molecule has 2 N–H and O–H groups in total. The molecule has 2 rings (SSSR count). The second-order valence-electron chi connectivity index (χ2n) is 5.35. The first-order valence-corrected chi connectivity index (χ1v) is 7.62. The minimum absolute atomic E-state index is 0.195. The topological polar surface area (TPSA) is 51.8 Å². The molecular formula is C16H20BrN3. The van der Waals surface area contributed by atoms with Gasteiger partial charge in [0, 0.05) is 28.2 Å². The van der Waals surface area contributed by atoms with Crippen molar-refractivity contribution in [1.82, 2.24) is 9.97 Å². The van der Waals surface area contributed by atoms with E-state index in [1.165, 1.54) is 0 Å². The summed E-state index contributed by atoms with van der Waals surface area (Å²) in [6.07, 6.45) is 0. The van der Waals surface area contributed by atoms with Gasteiger partial charge in [-0.3, -0.25) is 0 Å². The molecule has 1 unspecified atom stereocenters. The first kappa shape index (κ1) is 15.1. The van der Waals surface area contributed by atoms with Gasteiger partial charge in [0.15, 0.2) is 0 Å². The Morgan fingerprint density at radius 1 is 1.20 bits per heavy atom. The van der Waals surface area contributed by atoms with Crippen LogP contribution in [0.3, 0.4) is 0 Å². The van der Waals surface area contributed by atoms with Gasteiger partial charge < -0.3 is 5.73 Å². The Kier molecular flexibility index (Phi) is 4.89. The Hall–Kier alpha value is -1.26. The largest absolute Gasteiger partial charge is 0.330 e. The van der Waals surface area contributed by atoms with Crippen LogP contribution in [0.5, 0.6) is 0 Å². The van der Waals surface area contributed by atoms with Crippen LogP contribution >= 0.6 is 15.9 Å². The van der Waals surface area contributed by atoms with E-state index >= 15 is 0 Å². The third-order valence-corrected chi connectivity index (χ3v) is 3.88. The summed E-state index contributed by atoms with van der Waals surface area (Å²) in [6, 6.07) is 10.2. The fourth-order valence-electron chi connectivity index (χ4n) is 2.23. The predicted molar refractivity (Wildman–Crippen MR) is 86.5 cm³/mol. The zero-order chi connectivity index (χ0) is 14.7. The Labute approximate surface area is 128 Å². The third-order valence-electron chi connectivity index (χ3n) is 3.38. The van der Waals surface area contributed by atoms with Gasteiger partial charge in [0.1, 0.15) is 5.82 Å². The number of benzene rings is 1. The fourth-order valence-corrected chi connectivity index (χ4v) is 2.63. The second kappa shape index (κ2) is 6.46. The van der Waals surface area contributed by atoms with Gasteiger partial charge in [0.05, 0.1) is 5.69 Å². The lowest BCUT2D eigenvalue weighted by Crippen LogP contribution is -2.20. The van der Waals surface area contributed by atoms with E-state index in [1.54, 1.807) is 0 Å². The molecule has 0 aliphatic carbocycles. The average molecular weight is 334 g/mol. The first-order valence-electron chi connectivity index (χ1n) is 6.83. The summed E-state index contributed by atoms with van der Waals surface area (Å²) in [6.45, 7) is 6.88. The highest BCUT2D eigenvalue weighted by atomic mass is 79.9. The van der Waals surface area contributed by atoms with Crippen LogP contribution < -0.4 is 5.73 Å². The molecule has 0 aliphatic heterocycles. The van der Waals surface area contributed by atoms with Crippen molar-refractivity contribution in [3.63, 3.8) is 0 Å². The van der Waals surface area contributed by atoms with Crippen LogP contribution in [0.15, 0.2) is 34.8 Å². The Bertz CT molecular complexity index is 596. The molecule has 106 valence electrons. The minimum atomic E-state index is 0.195. The van der Waals surface area contributed by atoms with Crippen LogP contribution in [0, 0.1) is 12.8 Å². The van der Waals surface area contributed by atoms with Gasteiger partial charge in [-0.1, -0.05) is 41.9 Å². The van der Waals surface area contributed by atoms with E-state index < -0.39 is 0 Å². The molecule has 1 aromatic carbocycles. The van der Waals surface area contributed by atoms with Crippen molar-refractivity contribution in [2.24, 2.45) is 11.7 Å². The van der Waals surface area contributed by atoms with E-state index in [9.17, 15) is 0 Å². The van der Waals surface area contributed by atoms with Crippen molar-refractivity contribution in [2.45, 2.75) is 26.7 Å². The molecule has 0 fully saturated rings. The van der Waals surface area contributed by atoms with Crippen LogP contribution in [-0.4, -0.2) is 16.5 Å². The van der Waals surface area contributed by atoms with Crippen molar-refractivity contribution in [2.75, 3.05) is 6.54 Å². The van der Waals surface area contributed by atoms with Gasteiger partial charge in [-0.25, -0.2) is 9.97 Å². The molecule has 0 bridgehead atoms. The zero-order valence-corrected chi connectivity index (χ0v) is 13.7. The smallest absolute Gasteiger partial charge is 0.133 e. The van der Waals surface area contributed by atoms with E-state index in [0.29, 0.717) is 12.5 Å². The number of aryl methyl sites for hydroxylation is 1. The molecule has 0 amide bonds. The SMILES string of the molecule is Cc1cc(-c2cccc(Br)c2)nc(C(CN)C(C)C)n1. The van der Waals surface area contributed by atoms with Crippen molar-refractivity contribution < 1.29 is 0 Å². The molecule has 1 aromatic heterocycles. The van der Waals surface area contributed by atoms with Crippen molar-refractivity contribution in [3.8, 4) is 11.3 Å². The lowest BCUT2D eigenvalue weighted by atomic mass is 9.95. The summed E-state index contributed by atoms with van der Waals surface area (Å²) >= 11 is 3.50. The highest BCUT2D eigenvalue weighted by molar-refractivity contribution is 9.10. The Morgan fingerprint density at radius 2 is 1.95 bits per heavy atom. The second-order valence-corrected chi connectivity index (χ2v) is 6.27. The minimum Gasteiger partial charge on any atom is -0.330 e. The summed E-state index contributed by atoms with van der Waals surface area (Å²) in [5.41, 5.74) is 8.90. The van der Waals surface area contributed by atoms with Gasteiger partial charge in [-0.2, -0.15) is 0 Å². The number of nitrogens with zero attached hydrogens (tertiary/aromatic N) is 2. The van der Waals surface area contributed by atoms with Crippen molar-refractivity contribution >= 4 is 15.9 Å². The highest BCUT2D eigenvalue weighted by Gasteiger charge is 2.18. The van der Waals surface area contributed by atoms with E-state index in [0.717, 1.165) is 27.2 Å². The summed E-state index contributed by atoms with van der Waals surface area (Å²) in [4.78, 5) is 9.30. The van der Waals surface area contributed by atoms with E-state index in [-0.39, 0.29) is 5.92 Å². The maximum atomic E-state index is 5.88. The summed E-state index contributed by atoms with van der Waals surface area (Å²) in [5.74, 6) is 1.47. The van der Waals surface area contributed by atoms with Crippen molar-refractivity contribution in [1.29, 1.82) is 0 Å². The molecule has 0 aliphatic rings. The molecule has 20 heavy (non-hydrogen) atoms. The Morgan fingerprint density at radius 3 is 2.55 bits per heavy atom. The molecule has 1 atom stereocenters. The maximum Gasteiger partial charge on any atom is 0.133 e. The molecule has 1 heterocycles. The van der Waals surface area contributed by atoms with Crippen molar-refractivity contribution in [3.05, 3.63) is 46.3 Å². The van der Waals surface area contributed by atoms with Crippen LogP contribution in [0.25, 0.3) is 11.3 Å².